The Bertz CT molecular complexity index is 218. The third kappa shape index (κ3) is 9.79. The second-order valence-corrected chi connectivity index (χ2v) is 9.54. The molecule has 0 aromatic heterocycles. The van der Waals surface area contributed by atoms with E-state index in [1.807, 2.05) is 0 Å². The second-order valence-electron chi connectivity index (χ2n) is 7.23. The van der Waals surface area contributed by atoms with Crippen LogP contribution >= 0.6 is 0 Å². The summed E-state index contributed by atoms with van der Waals surface area (Å²) in [5, 5.41) is 0. The van der Waals surface area contributed by atoms with E-state index in [1.54, 1.807) is 0 Å². The summed E-state index contributed by atoms with van der Waals surface area (Å²) < 4.78 is 7.87. The molecule has 1 nitrogen and oxygen atoms in total. The molecule has 132 valence electrons. The molecule has 0 aliphatic carbocycles. The van der Waals surface area contributed by atoms with Gasteiger partial charge in [0.2, 0.25) is 0 Å². The van der Waals surface area contributed by atoms with Crippen molar-refractivity contribution < 1.29 is 3.10 Å². The first-order valence-corrected chi connectivity index (χ1v) is 12.7. The molecular weight excluding hydrogens is 384 g/mol. The summed E-state index contributed by atoms with van der Waals surface area (Å²) in [5.74, 6) is 0. The molecule has 0 unspecified atom stereocenters. The summed E-state index contributed by atoms with van der Waals surface area (Å²) in [4.78, 5) is 0. The zero-order chi connectivity index (χ0) is 15.9. The molecule has 1 aliphatic heterocycles. The molecular formula is C20H40OTe. The molecule has 1 saturated heterocycles. The molecule has 1 aliphatic rings. The Labute approximate surface area is 151 Å². The first kappa shape index (κ1) is 20.8. The van der Waals surface area contributed by atoms with Crippen LogP contribution in [0.2, 0.25) is 4.47 Å². The van der Waals surface area contributed by atoms with Gasteiger partial charge in [0, 0.05) is 0 Å². The summed E-state index contributed by atoms with van der Waals surface area (Å²) in [6.07, 6.45) is 22.5. The quantitative estimate of drug-likeness (QED) is 0.214. The minimum absolute atomic E-state index is 0.113. The molecule has 1 rings (SSSR count). The summed E-state index contributed by atoms with van der Waals surface area (Å²) in [6, 6.07) is 0. The van der Waals surface area contributed by atoms with Crippen molar-refractivity contribution in [2.45, 2.75) is 127 Å². The van der Waals surface area contributed by atoms with Crippen molar-refractivity contribution in [3.63, 3.8) is 0 Å². The summed E-state index contributed by atoms with van der Waals surface area (Å²) in [5.41, 5.74) is 0.329. The molecule has 22 heavy (non-hydrogen) atoms. The first-order valence-electron chi connectivity index (χ1n) is 10.1. The van der Waals surface area contributed by atoms with Gasteiger partial charge in [0.05, 0.1) is 0 Å². The molecule has 2 heteroatoms. The first-order chi connectivity index (χ1) is 10.8. The Kier molecular flexibility index (Phi) is 13.3. The standard InChI is InChI=1S/C20H40OTe/c1-3-5-7-9-11-13-16-20(18-15-19-22-21-20)17-14-12-10-8-6-4-2/h3-19H2,1-2H3. The number of hydrogen-bond donors (Lipinski definition) is 0. The van der Waals surface area contributed by atoms with Crippen molar-refractivity contribution in [2.24, 2.45) is 0 Å². The van der Waals surface area contributed by atoms with Gasteiger partial charge in [-0.3, -0.25) is 0 Å². The Hall–Kier alpha value is 0.750. The van der Waals surface area contributed by atoms with Crippen molar-refractivity contribution in [1.29, 1.82) is 0 Å². The van der Waals surface area contributed by atoms with Crippen LogP contribution in [0.3, 0.4) is 0 Å². The van der Waals surface area contributed by atoms with E-state index < -0.39 is 0 Å². The van der Waals surface area contributed by atoms with Crippen molar-refractivity contribution in [1.82, 2.24) is 0 Å². The fraction of sp³-hybridized carbons (Fsp3) is 1.00. The van der Waals surface area contributed by atoms with Crippen molar-refractivity contribution in [3.8, 4) is 0 Å². The van der Waals surface area contributed by atoms with E-state index in [9.17, 15) is 0 Å². The van der Waals surface area contributed by atoms with E-state index in [1.165, 1.54) is 107 Å². The van der Waals surface area contributed by atoms with Crippen molar-refractivity contribution in [3.05, 3.63) is 0 Å². The third-order valence-electron chi connectivity index (χ3n) is 5.07. The normalized spacial score (nSPS) is 17.7. The van der Waals surface area contributed by atoms with Crippen LogP contribution in [0.1, 0.15) is 117 Å². The van der Waals surface area contributed by atoms with E-state index in [0.29, 0.717) is 5.60 Å². The van der Waals surface area contributed by atoms with E-state index in [-0.39, 0.29) is 21.3 Å². The van der Waals surface area contributed by atoms with Gasteiger partial charge in [-0.15, -0.1) is 0 Å². The van der Waals surface area contributed by atoms with Crippen molar-refractivity contribution >= 4 is 21.3 Å². The molecule has 0 amide bonds. The van der Waals surface area contributed by atoms with Crippen LogP contribution < -0.4 is 0 Å². The number of rotatable bonds is 14. The maximum absolute atomic E-state index is 6.45. The maximum atomic E-state index is 6.45. The summed E-state index contributed by atoms with van der Waals surface area (Å²) >= 11 is -0.113. The predicted molar refractivity (Wildman–Crippen MR) is 99.6 cm³/mol. The van der Waals surface area contributed by atoms with Gasteiger partial charge in [0.15, 0.2) is 0 Å². The zero-order valence-electron chi connectivity index (χ0n) is 15.3. The van der Waals surface area contributed by atoms with E-state index in [4.69, 9.17) is 3.10 Å². The molecule has 0 radical (unpaired) electrons. The van der Waals surface area contributed by atoms with Gasteiger partial charge in [-0.25, -0.2) is 0 Å². The summed E-state index contributed by atoms with van der Waals surface area (Å²) in [7, 11) is 0. The minimum atomic E-state index is -0.113. The van der Waals surface area contributed by atoms with E-state index in [2.05, 4.69) is 13.8 Å². The molecule has 0 N–H and O–H groups in total. The van der Waals surface area contributed by atoms with Crippen LogP contribution in [-0.2, 0) is 3.10 Å². The Morgan fingerprint density at radius 3 is 1.68 bits per heavy atom. The van der Waals surface area contributed by atoms with E-state index in [0.717, 1.165) is 0 Å². The number of hydrogen-bond acceptors (Lipinski definition) is 1. The Balaban J connectivity index is 2.17. The third-order valence-corrected chi connectivity index (χ3v) is 7.71. The summed E-state index contributed by atoms with van der Waals surface area (Å²) in [6.45, 7) is 4.60. The van der Waals surface area contributed by atoms with Gasteiger partial charge in [-0.1, -0.05) is 0 Å². The Morgan fingerprint density at radius 1 is 0.727 bits per heavy atom. The zero-order valence-corrected chi connectivity index (χ0v) is 17.7. The van der Waals surface area contributed by atoms with Gasteiger partial charge >= 0.3 is 151 Å². The SMILES string of the molecule is CCCCCCCCC1(CCCCCCCC)CCC[Te]O1. The molecule has 0 aromatic carbocycles. The molecule has 1 fully saturated rings. The molecule has 1 heterocycles. The monoisotopic (exact) mass is 426 g/mol. The van der Waals surface area contributed by atoms with Crippen molar-refractivity contribution in [2.75, 3.05) is 0 Å². The average Bonchev–Trinajstić information content (AvgIpc) is 2.55. The van der Waals surface area contributed by atoms with Gasteiger partial charge in [0.25, 0.3) is 0 Å². The van der Waals surface area contributed by atoms with Gasteiger partial charge in [-0.05, 0) is 0 Å². The fourth-order valence-corrected chi connectivity index (χ4v) is 5.99. The Morgan fingerprint density at radius 2 is 1.23 bits per heavy atom. The molecule has 0 bridgehead atoms. The van der Waals surface area contributed by atoms with Gasteiger partial charge in [-0.2, -0.15) is 0 Å². The van der Waals surface area contributed by atoms with Crippen LogP contribution in [0.15, 0.2) is 0 Å². The topological polar surface area (TPSA) is 9.23 Å². The van der Waals surface area contributed by atoms with Crippen LogP contribution in [0, 0.1) is 0 Å². The molecule has 0 atom stereocenters. The molecule has 0 aromatic rings. The van der Waals surface area contributed by atoms with Gasteiger partial charge < -0.3 is 0 Å². The van der Waals surface area contributed by atoms with Crippen LogP contribution in [0.5, 0.6) is 0 Å². The average molecular weight is 424 g/mol. The van der Waals surface area contributed by atoms with Crippen LogP contribution in [-0.4, -0.2) is 26.9 Å². The van der Waals surface area contributed by atoms with Gasteiger partial charge in [0.1, 0.15) is 0 Å². The fourth-order valence-electron chi connectivity index (χ4n) is 3.57. The van der Waals surface area contributed by atoms with Crippen LogP contribution in [0.4, 0.5) is 0 Å². The molecule has 0 spiro atoms. The predicted octanol–water partition coefficient (Wildman–Crippen LogP) is 7.07. The molecule has 0 saturated carbocycles. The number of unbranched alkanes of at least 4 members (excludes halogenated alkanes) is 10. The second kappa shape index (κ2) is 14.1. The van der Waals surface area contributed by atoms with Crippen LogP contribution in [0.25, 0.3) is 0 Å². The van der Waals surface area contributed by atoms with E-state index >= 15 is 0 Å².